The molecule has 1 aliphatic heterocycles. The summed E-state index contributed by atoms with van der Waals surface area (Å²) < 4.78 is 6.02. The van der Waals surface area contributed by atoms with E-state index in [9.17, 15) is 0 Å². The topological polar surface area (TPSA) is 21.3 Å². The van der Waals surface area contributed by atoms with Gasteiger partial charge in [-0.3, -0.25) is 0 Å². The van der Waals surface area contributed by atoms with Crippen molar-refractivity contribution in [1.29, 1.82) is 0 Å². The Morgan fingerprint density at radius 3 is 3.12 bits per heavy atom. The third-order valence-corrected chi connectivity index (χ3v) is 4.02. The minimum Gasteiger partial charge on any atom is -0.481 e. The molecule has 0 radical (unpaired) electrons. The molecule has 2 nitrogen and oxygen atoms in total. The molecule has 3 heteroatoms. The minimum atomic E-state index is 0.148. The number of fused-ring (bicyclic) bond motifs is 1. The quantitative estimate of drug-likeness (QED) is 0.867. The van der Waals surface area contributed by atoms with E-state index < -0.39 is 0 Å². The first-order valence-electron chi connectivity index (χ1n) is 5.93. The van der Waals surface area contributed by atoms with Crippen molar-refractivity contribution in [2.24, 2.45) is 0 Å². The predicted molar refractivity (Wildman–Crippen MR) is 72.0 cm³/mol. The summed E-state index contributed by atoms with van der Waals surface area (Å²) in [4.78, 5) is 1.28. The molecule has 0 bridgehead atoms. The monoisotopic (exact) mass is 245 g/mol. The second kappa shape index (κ2) is 4.41. The molecular formula is C14H15NOS. The van der Waals surface area contributed by atoms with Gasteiger partial charge in [-0.15, -0.1) is 11.3 Å². The molecule has 0 saturated carbocycles. The SMILES string of the molecule is CCc1ccc2c(c1)NCC(c1cccs1)O2. The molecule has 0 amide bonds. The van der Waals surface area contributed by atoms with E-state index >= 15 is 0 Å². The van der Waals surface area contributed by atoms with E-state index in [1.54, 1.807) is 11.3 Å². The Balaban J connectivity index is 1.86. The molecule has 1 atom stereocenters. The molecule has 88 valence electrons. The number of hydrogen-bond acceptors (Lipinski definition) is 3. The van der Waals surface area contributed by atoms with Gasteiger partial charge in [0.2, 0.25) is 0 Å². The number of rotatable bonds is 2. The fourth-order valence-corrected chi connectivity index (χ4v) is 2.82. The van der Waals surface area contributed by atoms with Gasteiger partial charge in [-0.25, -0.2) is 0 Å². The van der Waals surface area contributed by atoms with Crippen molar-refractivity contribution in [3.05, 3.63) is 46.2 Å². The van der Waals surface area contributed by atoms with Crippen LogP contribution in [0, 0.1) is 0 Å². The molecule has 0 spiro atoms. The average molecular weight is 245 g/mol. The van der Waals surface area contributed by atoms with Gasteiger partial charge < -0.3 is 10.1 Å². The summed E-state index contributed by atoms with van der Waals surface area (Å²) in [6.07, 6.45) is 1.21. The van der Waals surface area contributed by atoms with Crippen molar-refractivity contribution in [2.75, 3.05) is 11.9 Å². The standard InChI is InChI=1S/C14H15NOS/c1-2-10-5-6-12-11(8-10)15-9-13(16-12)14-4-3-7-17-14/h3-8,13,15H,2,9H2,1H3. The highest BCUT2D eigenvalue weighted by Crippen LogP contribution is 2.35. The average Bonchev–Trinajstić information content (AvgIpc) is 2.91. The molecule has 1 aliphatic rings. The number of aryl methyl sites for hydroxylation is 1. The van der Waals surface area contributed by atoms with E-state index in [0.29, 0.717) is 0 Å². The molecule has 0 saturated heterocycles. The van der Waals surface area contributed by atoms with Crippen LogP contribution in [0.5, 0.6) is 5.75 Å². The third kappa shape index (κ3) is 2.03. The van der Waals surface area contributed by atoms with Crippen molar-refractivity contribution in [3.8, 4) is 5.75 Å². The lowest BCUT2D eigenvalue weighted by Crippen LogP contribution is -2.22. The van der Waals surface area contributed by atoms with Gasteiger partial charge in [0, 0.05) is 4.88 Å². The maximum atomic E-state index is 6.02. The van der Waals surface area contributed by atoms with Crippen molar-refractivity contribution in [1.82, 2.24) is 0 Å². The van der Waals surface area contributed by atoms with Gasteiger partial charge in [-0.05, 0) is 35.6 Å². The zero-order chi connectivity index (χ0) is 11.7. The predicted octanol–water partition coefficient (Wildman–Crippen LogP) is 3.86. The summed E-state index contributed by atoms with van der Waals surface area (Å²) in [5.41, 5.74) is 2.46. The zero-order valence-corrected chi connectivity index (χ0v) is 10.6. The Morgan fingerprint density at radius 2 is 2.35 bits per heavy atom. The number of anilines is 1. The van der Waals surface area contributed by atoms with Crippen molar-refractivity contribution in [3.63, 3.8) is 0 Å². The molecule has 0 aliphatic carbocycles. The van der Waals surface area contributed by atoms with Crippen LogP contribution in [0.25, 0.3) is 0 Å². The lowest BCUT2D eigenvalue weighted by atomic mass is 10.1. The Labute approximate surface area is 105 Å². The summed E-state index contributed by atoms with van der Waals surface area (Å²) in [5, 5.41) is 5.55. The summed E-state index contributed by atoms with van der Waals surface area (Å²) in [5.74, 6) is 0.965. The Bertz CT molecular complexity index is 507. The molecule has 1 unspecified atom stereocenters. The first-order chi connectivity index (χ1) is 8.36. The number of thiophene rings is 1. The van der Waals surface area contributed by atoms with Gasteiger partial charge in [0.25, 0.3) is 0 Å². The number of hydrogen-bond donors (Lipinski definition) is 1. The van der Waals surface area contributed by atoms with E-state index in [0.717, 1.165) is 24.4 Å². The smallest absolute Gasteiger partial charge is 0.150 e. The fourth-order valence-electron chi connectivity index (χ4n) is 2.07. The summed E-state index contributed by atoms with van der Waals surface area (Å²) >= 11 is 1.75. The van der Waals surface area contributed by atoms with E-state index in [2.05, 4.69) is 48.0 Å². The van der Waals surface area contributed by atoms with E-state index in [1.165, 1.54) is 10.4 Å². The largest absolute Gasteiger partial charge is 0.481 e. The highest BCUT2D eigenvalue weighted by Gasteiger charge is 2.21. The molecule has 17 heavy (non-hydrogen) atoms. The first-order valence-corrected chi connectivity index (χ1v) is 6.81. The summed E-state index contributed by atoms with van der Waals surface area (Å²) in [7, 11) is 0. The van der Waals surface area contributed by atoms with Crippen molar-refractivity contribution < 1.29 is 4.74 Å². The number of nitrogens with one attached hydrogen (secondary N) is 1. The highest BCUT2D eigenvalue weighted by molar-refractivity contribution is 7.10. The van der Waals surface area contributed by atoms with Crippen LogP contribution in [0.15, 0.2) is 35.7 Å². The van der Waals surface area contributed by atoms with Gasteiger partial charge in [0.1, 0.15) is 5.75 Å². The van der Waals surface area contributed by atoms with E-state index in [1.807, 2.05) is 0 Å². The summed E-state index contributed by atoms with van der Waals surface area (Å²) in [6.45, 7) is 3.01. The maximum absolute atomic E-state index is 6.02. The molecule has 1 aromatic heterocycles. The Kier molecular flexibility index (Phi) is 2.77. The molecule has 1 N–H and O–H groups in total. The lowest BCUT2D eigenvalue weighted by Gasteiger charge is -2.27. The second-order valence-electron chi connectivity index (χ2n) is 4.19. The Hall–Kier alpha value is -1.48. The van der Waals surface area contributed by atoms with Crippen LogP contribution in [0.3, 0.4) is 0 Å². The van der Waals surface area contributed by atoms with Crippen LogP contribution < -0.4 is 10.1 Å². The van der Waals surface area contributed by atoms with Gasteiger partial charge in [-0.1, -0.05) is 19.1 Å². The van der Waals surface area contributed by atoms with Crippen LogP contribution in [0.2, 0.25) is 0 Å². The molecular weight excluding hydrogens is 230 g/mol. The molecule has 1 aromatic carbocycles. The number of ether oxygens (including phenoxy) is 1. The van der Waals surface area contributed by atoms with Gasteiger partial charge in [0.15, 0.2) is 6.10 Å². The van der Waals surface area contributed by atoms with Crippen LogP contribution >= 0.6 is 11.3 Å². The first kappa shape index (κ1) is 10.7. The molecule has 2 heterocycles. The second-order valence-corrected chi connectivity index (χ2v) is 5.17. The molecule has 2 aromatic rings. The van der Waals surface area contributed by atoms with Crippen LogP contribution in [-0.2, 0) is 6.42 Å². The van der Waals surface area contributed by atoms with Gasteiger partial charge >= 0.3 is 0 Å². The zero-order valence-electron chi connectivity index (χ0n) is 9.77. The molecule has 3 rings (SSSR count). The Morgan fingerprint density at radius 1 is 1.41 bits per heavy atom. The maximum Gasteiger partial charge on any atom is 0.150 e. The van der Waals surface area contributed by atoms with Gasteiger partial charge in [-0.2, -0.15) is 0 Å². The van der Waals surface area contributed by atoms with Crippen LogP contribution in [0.1, 0.15) is 23.5 Å². The van der Waals surface area contributed by atoms with E-state index in [4.69, 9.17) is 4.74 Å². The third-order valence-electron chi connectivity index (χ3n) is 3.06. The highest BCUT2D eigenvalue weighted by atomic mass is 32.1. The number of benzene rings is 1. The normalized spacial score (nSPS) is 18.1. The lowest BCUT2D eigenvalue weighted by molar-refractivity contribution is 0.214. The van der Waals surface area contributed by atoms with Crippen molar-refractivity contribution in [2.45, 2.75) is 19.4 Å². The van der Waals surface area contributed by atoms with Crippen LogP contribution in [0.4, 0.5) is 5.69 Å². The minimum absolute atomic E-state index is 0.148. The molecule has 0 fully saturated rings. The fraction of sp³-hybridized carbons (Fsp3) is 0.286. The summed E-state index contributed by atoms with van der Waals surface area (Å²) in [6, 6.07) is 10.6. The van der Waals surface area contributed by atoms with Crippen LogP contribution in [-0.4, -0.2) is 6.54 Å². The van der Waals surface area contributed by atoms with Crippen molar-refractivity contribution >= 4 is 17.0 Å². The van der Waals surface area contributed by atoms with E-state index in [-0.39, 0.29) is 6.10 Å². The van der Waals surface area contributed by atoms with Gasteiger partial charge in [0.05, 0.1) is 12.2 Å².